The standard InChI is InChI=1S/C16H24BrClN2/c1-3-12-6-7-20(14(8-12)10-19)11(2)15-5-4-13(17)9-16(15)18/h4-5,9,11-12,14H,3,6-8,10,19H2,1-2H3. The van der Waals surface area contributed by atoms with Crippen molar-refractivity contribution in [3.8, 4) is 0 Å². The zero-order valence-corrected chi connectivity index (χ0v) is 14.6. The zero-order chi connectivity index (χ0) is 14.7. The number of piperidine rings is 1. The number of benzene rings is 1. The molecule has 112 valence electrons. The van der Waals surface area contributed by atoms with Crippen molar-refractivity contribution >= 4 is 27.5 Å². The first kappa shape index (κ1) is 16.3. The second-order valence-corrected chi connectivity index (χ2v) is 7.09. The van der Waals surface area contributed by atoms with Gasteiger partial charge in [0.25, 0.3) is 0 Å². The van der Waals surface area contributed by atoms with E-state index in [4.69, 9.17) is 17.3 Å². The minimum atomic E-state index is 0.321. The van der Waals surface area contributed by atoms with Crippen LogP contribution in [0.25, 0.3) is 0 Å². The number of rotatable bonds is 4. The lowest BCUT2D eigenvalue weighted by Crippen LogP contribution is -2.47. The molecular weight excluding hydrogens is 336 g/mol. The third-order valence-corrected chi connectivity index (χ3v) is 5.45. The molecule has 0 bridgehead atoms. The molecule has 1 aliphatic rings. The van der Waals surface area contributed by atoms with Crippen LogP contribution in [0.15, 0.2) is 22.7 Å². The number of hydrogen-bond donors (Lipinski definition) is 1. The molecule has 0 aromatic heterocycles. The van der Waals surface area contributed by atoms with Crippen LogP contribution in [0.1, 0.15) is 44.7 Å². The summed E-state index contributed by atoms with van der Waals surface area (Å²) in [6.07, 6.45) is 3.74. The van der Waals surface area contributed by atoms with Crippen LogP contribution in [0.3, 0.4) is 0 Å². The van der Waals surface area contributed by atoms with Crippen LogP contribution in [0.4, 0.5) is 0 Å². The highest BCUT2D eigenvalue weighted by Crippen LogP contribution is 2.35. The number of likely N-dealkylation sites (tertiary alicyclic amines) is 1. The van der Waals surface area contributed by atoms with Crippen molar-refractivity contribution in [1.29, 1.82) is 0 Å². The Balaban J connectivity index is 2.17. The summed E-state index contributed by atoms with van der Waals surface area (Å²) in [6.45, 7) is 6.37. The zero-order valence-electron chi connectivity index (χ0n) is 12.3. The van der Waals surface area contributed by atoms with Crippen molar-refractivity contribution < 1.29 is 0 Å². The molecule has 0 spiro atoms. The Kier molecular flexibility index (Phi) is 5.91. The molecule has 3 unspecified atom stereocenters. The fourth-order valence-electron chi connectivity index (χ4n) is 3.28. The lowest BCUT2D eigenvalue weighted by Gasteiger charge is -2.42. The molecule has 1 aromatic rings. The molecule has 1 saturated heterocycles. The second-order valence-electron chi connectivity index (χ2n) is 5.77. The van der Waals surface area contributed by atoms with Gasteiger partial charge >= 0.3 is 0 Å². The molecule has 2 nitrogen and oxygen atoms in total. The van der Waals surface area contributed by atoms with E-state index in [-0.39, 0.29) is 0 Å². The topological polar surface area (TPSA) is 29.3 Å². The van der Waals surface area contributed by atoms with Gasteiger partial charge in [-0.25, -0.2) is 0 Å². The smallest absolute Gasteiger partial charge is 0.0464 e. The average Bonchev–Trinajstić information content (AvgIpc) is 2.46. The Morgan fingerprint density at radius 3 is 2.85 bits per heavy atom. The molecule has 1 aliphatic heterocycles. The highest BCUT2D eigenvalue weighted by molar-refractivity contribution is 9.10. The number of hydrogen-bond acceptors (Lipinski definition) is 2. The third kappa shape index (κ3) is 3.56. The van der Waals surface area contributed by atoms with Gasteiger partial charge in [-0.15, -0.1) is 0 Å². The number of nitrogens with zero attached hydrogens (tertiary/aromatic N) is 1. The van der Waals surface area contributed by atoms with Crippen LogP contribution in [-0.2, 0) is 0 Å². The minimum absolute atomic E-state index is 0.321. The fourth-order valence-corrected chi connectivity index (χ4v) is 4.11. The lowest BCUT2D eigenvalue weighted by molar-refractivity contribution is 0.0773. The molecule has 1 aromatic carbocycles. The largest absolute Gasteiger partial charge is 0.329 e. The van der Waals surface area contributed by atoms with Gasteiger partial charge in [-0.05, 0) is 49.9 Å². The molecular formula is C16H24BrClN2. The molecule has 4 heteroatoms. The van der Waals surface area contributed by atoms with E-state index in [1.54, 1.807) is 0 Å². The Bertz CT molecular complexity index is 452. The van der Waals surface area contributed by atoms with Gasteiger partial charge in [-0.2, -0.15) is 0 Å². The van der Waals surface area contributed by atoms with Crippen LogP contribution >= 0.6 is 27.5 Å². The molecule has 2 rings (SSSR count). The van der Waals surface area contributed by atoms with E-state index in [2.05, 4.69) is 46.8 Å². The van der Waals surface area contributed by atoms with Crippen LogP contribution < -0.4 is 5.73 Å². The number of halogens is 2. The van der Waals surface area contributed by atoms with Gasteiger partial charge in [-0.1, -0.05) is 46.9 Å². The van der Waals surface area contributed by atoms with Crippen molar-refractivity contribution in [1.82, 2.24) is 4.90 Å². The Morgan fingerprint density at radius 2 is 2.25 bits per heavy atom. The highest BCUT2D eigenvalue weighted by atomic mass is 79.9. The van der Waals surface area contributed by atoms with E-state index < -0.39 is 0 Å². The normalized spacial score (nSPS) is 25.6. The summed E-state index contributed by atoms with van der Waals surface area (Å²) in [7, 11) is 0. The van der Waals surface area contributed by atoms with E-state index in [1.165, 1.54) is 24.8 Å². The first-order valence-electron chi connectivity index (χ1n) is 7.47. The van der Waals surface area contributed by atoms with Crippen LogP contribution in [-0.4, -0.2) is 24.0 Å². The third-order valence-electron chi connectivity index (χ3n) is 4.63. The molecule has 0 radical (unpaired) electrons. The summed E-state index contributed by atoms with van der Waals surface area (Å²) in [6, 6.07) is 6.96. The quantitative estimate of drug-likeness (QED) is 0.850. The van der Waals surface area contributed by atoms with E-state index in [1.807, 2.05) is 6.07 Å². The van der Waals surface area contributed by atoms with Crippen LogP contribution in [0, 0.1) is 5.92 Å². The summed E-state index contributed by atoms with van der Waals surface area (Å²) in [5.41, 5.74) is 7.20. The summed E-state index contributed by atoms with van der Waals surface area (Å²) < 4.78 is 1.03. The first-order valence-corrected chi connectivity index (χ1v) is 8.64. The summed E-state index contributed by atoms with van der Waals surface area (Å²) >= 11 is 9.87. The van der Waals surface area contributed by atoms with Crippen molar-refractivity contribution in [2.75, 3.05) is 13.1 Å². The maximum absolute atomic E-state index is 6.40. The Morgan fingerprint density at radius 1 is 1.50 bits per heavy atom. The van der Waals surface area contributed by atoms with Gasteiger partial charge in [0.2, 0.25) is 0 Å². The molecule has 20 heavy (non-hydrogen) atoms. The molecule has 0 saturated carbocycles. The molecule has 1 heterocycles. The van der Waals surface area contributed by atoms with Crippen molar-refractivity contribution in [3.63, 3.8) is 0 Å². The predicted octanol–water partition coefficient (Wildman–Crippen LogP) is 4.61. The van der Waals surface area contributed by atoms with Crippen LogP contribution in [0.2, 0.25) is 5.02 Å². The number of nitrogens with two attached hydrogens (primary N) is 1. The molecule has 3 atom stereocenters. The van der Waals surface area contributed by atoms with Gasteiger partial charge in [0.1, 0.15) is 0 Å². The SMILES string of the molecule is CCC1CCN(C(C)c2ccc(Br)cc2Cl)C(CN)C1. The average molecular weight is 360 g/mol. The summed E-state index contributed by atoms with van der Waals surface area (Å²) in [4.78, 5) is 2.53. The molecule has 2 N–H and O–H groups in total. The lowest BCUT2D eigenvalue weighted by atomic mass is 9.87. The molecule has 1 fully saturated rings. The van der Waals surface area contributed by atoms with Crippen molar-refractivity contribution in [3.05, 3.63) is 33.3 Å². The van der Waals surface area contributed by atoms with Crippen LogP contribution in [0.5, 0.6) is 0 Å². The Labute approximate surface area is 135 Å². The highest BCUT2D eigenvalue weighted by Gasteiger charge is 2.30. The van der Waals surface area contributed by atoms with Gasteiger partial charge in [-0.3, -0.25) is 4.90 Å². The predicted molar refractivity (Wildman–Crippen MR) is 90.1 cm³/mol. The van der Waals surface area contributed by atoms with E-state index >= 15 is 0 Å². The van der Waals surface area contributed by atoms with Gasteiger partial charge in [0, 0.05) is 28.1 Å². The van der Waals surface area contributed by atoms with E-state index in [9.17, 15) is 0 Å². The summed E-state index contributed by atoms with van der Waals surface area (Å²) in [5, 5.41) is 0.834. The summed E-state index contributed by atoms with van der Waals surface area (Å²) in [5.74, 6) is 0.826. The second kappa shape index (κ2) is 7.26. The van der Waals surface area contributed by atoms with Gasteiger partial charge < -0.3 is 5.73 Å². The first-order chi connectivity index (χ1) is 9.56. The molecule has 0 amide bonds. The maximum Gasteiger partial charge on any atom is 0.0464 e. The van der Waals surface area contributed by atoms with E-state index in [0.717, 1.165) is 28.5 Å². The fraction of sp³-hybridized carbons (Fsp3) is 0.625. The minimum Gasteiger partial charge on any atom is -0.329 e. The maximum atomic E-state index is 6.40. The Hall–Kier alpha value is -0.0900. The van der Waals surface area contributed by atoms with Crippen molar-refractivity contribution in [2.45, 2.75) is 45.2 Å². The van der Waals surface area contributed by atoms with E-state index in [0.29, 0.717) is 12.1 Å². The monoisotopic (exact) mass is 358 g/mol. The van der Waals surface area contributed by atoms with Crippen molar-refractivity contribution in [2.24, 2.45) is 11.7 Å². The molecule has 0 aliphatic carbocycles. The van der Waals surface area contributed by atoms with Gasteiger partial charge in [0.05, 0.1) is 0 Å². The van der Waals surface area contributed by atoms with Gasteiger partial charge in [0.15, 0.2) is 0 Å².